The van der Waals surface area contributed by atoms with E-state index in [4.69, 9.17) is 16.3 Å². The highest BCUT2D eigenvalue weighted by atomic mass is 35.5. The summed E-state index contributed by atoms with van der Waals surface area (Å²) < 4.78 is 6.41. The topological polar surface area (TPSA) is 87.7 Å². The number of carbonyl (C=O) groups is 2. The molecule has 0 saturated heterocycles. The fraction of sp³-hybridized carbons (Fsp3) is 0.286. The van der Waals surface area contributed by atoms with Crippen LogP contribution in [-0.4, -0.2) is 17.1 Å². The summed E-state index contributed by atoms with van der Waals surface area (Å²) in [4.78, 5) is 24.2. The Labute approximate surface area is 210 Å². The van der Waals surface area contributed by atoms with Crippen LogP contribution in [0.5, 0.6) is 5.75 Å². The highest BCUT2D eigenvalue weighted by molar-refractivity contribution is 6.30. The molecule has 3 N–H and O–H groups in total. The molecule has 1 fully saturated rings. The molecule has 4 rings (SSSR count). The van der Waals surface area contributed by atoms with Gasteiger partial charge in [-0.25, -0.2) is 4.79 Å². The zero-order valence-electron chi connectivity index (χ0n) is 19.8. The van der Waals surface area contributed by atoms with E-state index in [-0.39, 0.29) is 12.0 Å². The van der Waals surface area contributed by atoms with E-state index in [2.05, 4.69) is 17.6 Å². The van der Waals surface area contributed by atoms with Crippen LogP contribution in [0.2, 0.25) is 5.02 Å². The minimum Gasteiger partial charge on any atom is -0.484 e. The predicted molar refractivity (Wildman–Crippen MR) is 138 cm³/mol. The number of aliphatic carboxylic acids is 1. The summed E-state index contributed by atoms with van der Waals surface area (Å²) in [5, 5.41) is 15.7. The zero-order valence-corrected chi connectivity index (χ0v) is 20.5. The average Bonchev–Trinajstić information content (AvgIpc) is 3.63. The number of hydrogen-bond acceptors (Lipinski definition) is 3. The molecule has 3 atom stereocenters. The van der Waals surface area contributed by atoms with Crippen LogP contribution < -0.4 is 15.4 Å². The van der Waals surface area contributed by atoms with Crippen molar-refractivity contribution >= 4 is 35.0 Å². The predicted octanol–water partition coefficient (Wildman–Crippen LogP) is 7.40. The van der Waals surface area contributed by atoms with Crippen molar-refractivity contribution in [3.05, 3.63) is 88.4 Å². The summed E-state index contributed by atoms with van der Waals surface area (Å²) in [6, 6.07) is 20.2. The molecule has 0 bridgehead atoms. The minimum absolute atomic E-state index is 0.0648. The summed E-state index contributed by atoms with van der Waals surface area (Å²) in [6.07, 6.45) is 2.05. The molecular weight excluding hydrogens is 464 g/mol. The number of amides is 2. The largest absolute Gasteiger partial charge is 0.484 e. The Morgan fingerprint density at radius 1 is 1.06 bits per heavy atom. The number of benzene rings is 3. The molecule has 35 heavy (non-hydrogen) atoms. The van der Waals surface area contributed by atoms with Crippen LogP contribution in [0.1, 0.15) is 54.9 Å². The molecule has 7 heteroatoms. The van der Waals surface area contributed by atoms with E-state index >= 15 is 0 Å². The third kappa shape index (κ3) is 6.34. The van der Waals surface area contributed by atoms with Gasteiger partial charge in [-0.2, -0.15) is 0 Å². The second kappa shape index (κ2) is 10.8. The van der Waals surface area contributed by atoms with Gasteiger partial charge in [-0.3, -0.25) is 4.79 Å². The second-order valence-corrected chi connectivity index (χ2v) is 9.37. The van der Waals surface area contributed by atoms with Crippen LogP contribution in [0, 0.1) is 12.8 Å². The number of carbonyl (C=O) groups excluding carboxylic acids is 1. The average molecular weight is 493 g/mol. The van der Waals surface area contributed by atoms with Crippen molar-refractivity contribution in [2.24, 2.45) is 5.92 Å². The molecule has 0 aromatic heterocycles. The molecule has 0 spiro atoms. The maximum absolute atomic E-state index is 12.8. The number of nitrogens with one attached hydrogen (secondary N) is 2. The van der Waals surface area contributed by atoms with Gasteiger partial charge >= 0.3 is 12.0 Å². The molecule has 6 nitrogen and oxygen atoms in total. The van der Waals surface area contributed by atoms with Crippen molar-refractivity contribution in [2.75, 3.05) is 10.6 Å². The van der Waals surface area contributed by atoms with Crippen LogP contribution in [0.25, 0.3) is 0 Å². The minimum atomic E-state index is -0.798. The third-order valence-corrected chi connectivity index (χ3v) is 6.41. The van der Waals surface area contributed by atoms with E-state index in [1.165, 1.54) is 0 Å². The van der Waals surface area contributed by atoms with Crippen molar-refractivity contribution in [3.8, 4) is 5.75 Å². The molecule has 0 radical (unpaired) electrons. The zero-order chi connectivity index (χ0) is 24.9. The van der Waals surface area contributed by atoms with Gasteiger partial charge in [-0.15, -0.1) is 0 Å². The second-order valence-electron chi connectivity index (χ2n) is 8.93. The smallest absolute Gasteiger partial charge is 0.323 e. The van der Waals surface area contributed by atoms with Crippen LogP contribution in [0.3, 0.4) is 0 Å². The van der Waals surface area contributed by atoms with E-state index in [0.29, 0.717) is 28.6 Å². The lowest BCUT2D eigenvalue weighted by Crippen LogP contribution is -2.20. The number of ether oxygens (including phenoxy) is 1. The Bertz CT molecular complexity index is 1190. The first kappa shape index (κ1) is 24.6. The number of urea groups is 1. The monoisotopic (exact) mass is 492 g/mol. The molecule has 182 valence electrons. The highest BCUT2D eigenvalue weighted by Crippen LogP contribution is 2.49. The first-order chi connectivity index (χ1) is 16.8. The van der Waals surface area contributed by atoms with Gasteiger partial charge in [0, 0.05) is 10.7 Å². The van der Waals surface area contributed by atoms with Crippen molar-refractivity contribution in [2.45, 2.75) is 45.1 Å². The molecule has 3 aromatic carbocycles. The summed E-state index contributed by atoms with van der Waals surface area (Å²) in [5.74, 6) is -0.732. The van der Waals surface area contributed by atoms with Crippen LogP contribution in [0.4, 0.5) is 16.2 Å². The number of carboxylic acids is 1. The van der Waals surface area contributed by atoms with Crippen molar-refractivity contribution in [1.29, 1.82) is 0 Å². The van der Waals surface area contributed by atoms with Gasteiger partial charge in [0.15, 0.2) is 0 Å². The fourth-order valence-electron chi connectivity index (χ4n) is 4.12. The van der Waals surface area contributed by atoms with Crippen LogP contribution in [-0.2, 0) is 4.79 Å². The van der Waals surface area contributed by atoms with Crippen LogP contribution in [0.15, 0.2) is 66.7 Å². The van der Waals surface area contributed by atoms with Gasteiger partial charge in [0.2, 0.25) is 0 Å². The molecule has 0 aliphatic heterocycles. The van der Waals surface area contributed by atoms with Gasteiger partial charge in [-0.1, -0.05) is 60.8 Å². The number of carboxylic acid groups (broad SMARTS) is 1. The summed E-state index contributed by atoms with van der Waals surface area (Å²) in [7, 11) is 0. The quantitative estimate of drug-likeness (QED) is 0.290. The number of anilines is 2. The van der Waals surface area contributed by atoms with Gasteiger partial charge < -0.3 is 20.5 Å². The molecule has 1 saturated carbocycles. The standard InChI is InChI=1S/C28H29ClN2O4/c1-3-4-25(18-7-10-20(29)11-8-18)35-26-14-9-19(22-16-23(22)27(32)33)15-24(26)31-28(34)30-21-12-5-17(2)6-13-21/h5-15,22-23,25H,3-4,16H2,1-2H3,(H,32,33)(H2,30,31,34). The van der Waals surface area contributed by atoms with Crippen LogP contribution >= 0.6 is 11.6 Å². The molecule has 3 unspecified atom stereocenters. The van der Waals surface area contributed by atoms with Gasteiger partial charge in [0.25, 0.3) is 0 Å². The highest BCUT2D eigenvalue weighted by Gasteiger charge is 2.44. The normalized spacial score (nSPS) is 17.3. The number of halogens is 1. The van der Waals surface area contributed by atoms with Crippen molar-refractivity contribution in [3.63, 3.8) is 0 Å². The molecule has 0 heterocycles. The Kier molecular flexibility index (Phi) is 7.61. The van der Waals surface area contributed by atoms with Gasteiger partial charge in [0.05, 0.1) is 11.6 Å². The maximum Gasteiger partial charge on any atom is 0.323 e. The molecule has 2 amide bonds. The van der Waals surface area contributed by atoms with Gasteiger partial charge in [-0.05, 0) is 73.2 Å². The lowest BCUT2D eigenvalue weighted by Gasteiger charge is -2.22. The van der Waals surface area contributed by atoms with E-state index in [0.717, 1.165) is 29.5 Å². The van der Waals surface area contributed by atoms with Gasteiger partial charge in [0.1, 0.15) is 11.9 Å². The first-order valence-corrected chi connectivity index (χ1v) is 12.2. The summed E-state index contributed by atoms with van der Waals surface area (Å²) >= 11 is 6.06. The van der Waals surface area contributed by atoms with E-state index in [1.807, 2.05) is 73.7 Å². The summed E-state index contributed by atoms with van der Waals surface area (Å²) in [6.45, 7) is 4.07. The van der Waals surface area contributed by atoms with E-state index in [9.17, 15) is 14.7 Å². The van der Waals surface area contributed by atoms with Crippen molar-refractivity contribution in [1.82, 2.24) is 0 Å². The number of rotatable bonds is 9. The van der Waals surface area contributed by atoms with Crippen molar-refractivity contribution < 1.29 is 19.4 Å². The SMILES string of the molecule is CCCC(Oc1ccc(C2CC2C(=O)O)cc1NC(=O)Nc1ccc(C)cc1)c1ccc(Cl)cc1. The Balaban J connectivity index is 1.59. The fourth-order valence-corrected chi connectivity index (χ4v) is 4.25. The van der Waals surface area contributed by atoms with E-state index < -0.39 is 17.9 Å². The van der Waals surface area contributed by atoms with E-state index in [1.54, 1.807) is 0 Å². The first-order valence-electron chi connectivity index (χ1n) is 11.8. The number of aryl methyl sites for hydroxylation is 1. The molecule has 3 aromatic rings. The maximum atomic E-state index is 12.8. The molecule has 1 aliphatic rings. The molecule has 1 aliphatic carbocycles. The number of hydrogen-bond donors (Lipinski definition) is 3. The Morgan fingerprint density at radius 3 is 2.40 bits per heavy atom. The third-order valence-electron chi connectivity index (χ3n) is 6.16. The Hall–Kier alpha value is -3.51. The lowest BCUT2D eigenvalue weighted by molar-refractivity contribution is -0.138. The lowest BCUT2D eigenvalue weighted by atomic mass is 10.0. The Morgan fingerprint density at radius 2 is 1.77 bits per heavy atom. The summed E-state index contributed by atoms with van der Waals surface area (Å²) in [5.41, 5.74) is 4.13. The molecular formula is C28H29ClN2O4.